The number of nitrogens with two attached hydrogens (primary N) is 1. The standard InChI is InChI=1S/C28H28ClN5O3/c29-24-15-20(19-3-7-25(32-17-19)28(36)34-11-9-31-10-12-34)13-21-14-23(37-27(21)24)6-5-22(35)4-1-18-2-8-26(30)33-16-18/h1-4,7-8,13,15-17,23,31H,5-6,9-12,14H2,(H2,30,33)/b4-1+. The summed E-state index contributed by atoms with van der Waals surface area (Å²) >= 11 is 6.56. The fourth-order valence-corrected chi connectivity index (χ4v) is 4.81. The average molecular weight is 518 g/mol. The van der Waals surface area contributed by atoms with Gasteiger partial charge in [0.05, 0.1) is 5.02 Å². The summed E-state index contributed by atoms with van der Waals surface area (Å²) in [5, 5.41) is 3.77. The summed E-state index contributed by atoms with van der Waals surface area (Å²) in [5.74, 6) is 1.08. The van der Waals surface area contributed by atoms with E-state index in [4.69, 9.17) is 22.1 Å². The minimum Gasteiger partial charge on any atom is -0.488 e. The number of nitrogens with zero attached hydrogens (tertiary/aromatic N) is 3. The number of allylic oxidation sites excluding steroid dienone is 1. The van der Waals surface area contributed by atoms with Crippen LogP contribution in [0, 0.1) is 0 Å². The predicted molar refractivity (Wildman–Crippen MR) is 144 cm³/mol. The molecule has 9 heteroatoms. The lowest BCUT2D eigenvalue weighted by Crippen LogP contribution is -2.46. The van der Waals surface area contributed by atoms with E-state index in [2.05, 4.69) is 15.3 Å². The number of nitrogen functional groups attached to an aromatic ring is 1. The van der Waals surface area contributed by atoms with Crippen molar-refractivity contribution < 1.29 is 14.3 Å². The second kappa shape index (κ2) is 11.1. The molecule has 0 bridgehead atoms. The Kier molecular flexibility index (Phi) is 7.48. The van der Waals surface area contributed by atoms with Crippen LogP contribution in [-0.4, -0.2) is 58.8 Å². The lowest BCUT2D eigenvalue weighted by Gasteiger charge is -2.27. The molecule has 190 valence electrons. The molecule has 2 aromatic heterocycles. The van der Waals surface area contributed by atoms with Crippen LogP contribution in [0.25, 0.3) is 17.2 Å². The monoisotopic (exact) mass is 517 g/mol. The molecule has 4 heterocycles. The number of carbonyl (C=O) groups excluding carboxylic acids is 2. The van der Waals surface area contributed by atoms with Crippen LogP contribution < -0.4 is 15.8 Å². The Balaban J connectivity index is 1.19. The number of halogens is 1. The van der Waals surface area contributed by atoms with Crippen molar-refractivity contribution in [3.63, 3.8) is 0 Å². The summed E-state index contributed by atoms with van der Waals surface area (Å²) in [6.45, 7) is 2.97. The second-order valence-corrected chi connectivity index (χ2v) is 9.63. The molecule has 0 radical (unpaired) electrons. The predicted octanol–water partition coefficient (Wildman–Crippen LogP) is 3.79. The third-order valence-electron chi connectivity index (χ3n) is 6.56. The number of pyridine rings is 2. The van der Waals surface area contributed by atoms with Gasteiger partial charge in [-0.25, -0.2) is 4.98 Å². The van der Waals surface area contributed by atoms with Crippen molar-refractivity contribution >= 4 is 35.2 Å². The number of amides is 1. The highest BCUT2D eigenvalue weighted by atomic mass is 35.5. The zero-order chi connectivity index (χ0) is 25.8. The van der Waals surface area contributed by atoms with E-state index < -0.39 is 0 Å². The lowest BCUT2D eigenvalue weighted by atomic mass is 10.00. The van der Waals surface area contributed by atoms with E-state index in [0.717, 1.165) is 35.3 Å². The fourth-order valence-electron chi connectivity index (χ4n) is 4.53. The van der Waals surface area contributed by atoms with Gasteiger partial charge in [-0.05, 0) is 65.6 Å². The first kappa shape index (κ1) is 24.9. The smallest absolute Gasteiger partial charge is 0.272 e. The van der Waals surface area contributed by atoms with E-state index in [9.17, 15) is 9.59 Å². The van der Waals surface area contributed by atoms with Crippen molar-refractivity contribution in [1.82, 2.24) is 20.2 Å². The first-order valence-corrected chi connectivity index (χ1v) is 12.7. The maximum atomic E-state index is 12.7. The van der Waals surface area contributed by atoms with Crippen LogP contribution in [-0.2, 0) is 11.2 Å². The van der Waals surface area contributed by atoms with E-state index >= 15 is 0 Å². The van der Waals surface area contributed by atoms with Crippen molar-refractivity contribution in [2.24, 2.45) is 0 Å². The van der Waals surface area contributed by atoms with Gasteiger partial charge in [-0.3, -0.25) is 14.6 Å². The fraction of sp³-hybridized carbons (Fsp3) is 0.286. The molecule has 1 amide bonds. The summed E-state index contributed by atoms with van der Waals surface area (Å²) in [7, 11) is 0. The van der Waals surface area contributed by atoms with Crippen LogP contribution in [0.15, 0.2) is 54.9 Å². The molecular formula is C28H28ClN5O3. The van der Waals surface area contributed by atoms with Crippen molar-refractivity contribution in [2.45, 2.75) is 25.4 Å². The van der Waals surface area contributed by atoms with Crippen molar-refractivity contribution in [3.8, 4) is 16.9 Å². The van der Waals surface area contributed by atoms with Gasteiger partial charge in [-0.2, -0.15) is 0 Å². The number of piperazine rings is 1. The van der Waals surface area contributed by atoms with Gasteiger partial charge in [0.25, 0.3) is 5.91 Å². The Hall–Kier alpha value is -3.75. The molecule has 8 nitrogen and oxygen atoms in total. The maximum Gasteiger partial charge on any atom is 0.272 e. The topological polar surface area (TPSA) is 110 Å². The normalized spacial score (nSPS) is 17.0. The summed E-state index contributed by atoms with van der Waals surface area (Å²) in [4.78, 5) is 35.3. The van der Waals surface area contributed by atoms with E-state index in [1.807, 2.05) is 29.2 Å². The molecule has 3 N–H and O–H groups in total. The highest BCUT2D eigenvalue weighted by Gasteiger charge is 2.26. The molecule has 3 aromatic rings. The van der Waals surface area contributed by atoms with Crippen molar-refractivity contribution in [2.75, 3.05) is 31.9 Å². The van der Waals surface area contributed by atoms with Crippen LogP contribution >= 0.6 is 11.6 Å². The van der Waals surface area contributed by atoms with Crippen LogP contribution in [0.4, 0.5) is 5.82 Å². The molecule has 0 spiro atoms. The Bertz CT molecular complexity index is 1320. The van der Waals surface area contributed by atoms with Gasteiger partial charge in [0.15, 0.2) is 5.78 Å². The van der Waals surface area contributed by atoms with Gasteiger partial charge in [0, 0.05) is 57.0 Å². The third kappa shape index (κ3) is 5.98. The van der Waals surface area contributed by atoms with Gasteiger partial charge in [0.2, 0.25) is 0 Å². The number of ether oxygens (including phenoxy) is 1. The Morgan fingerprint density at radius 3 is 2.68 bits per heavy atom. The lowest BCUT2D eigenvalue weighted by molar-refractivity contribution is -0.115. The molecule has 1 saturated heterocycles. The van der Waals surface area contributed by atoms with E-state index in [1.165, 1.54) is 0 Å². The number of carbonyl (C=O) groups is 2. The zero-order valence-electron chi connectivity index (χ0n) is 20.3. The Morgan fingerprint density at radius 2 is 1.95 bits per heavy atom. The first-order chi connectivity index (χ1) is 18.0. The minimum absolute atomic E-state index is 0.0182. The molecule has 1 unspecified atom stereocenters. The number of nitrogens with one attached hydrogen (secondary N) is 1. The molecule has 0 saturated carbocycles. The summed E-state index contributed by atoms with van der Waals surface area (Å²) < 4.78 is 6.07. The number of hydrogen-bond acceptors (Lipinski definition) is 7. The molecule has 0 aliphatic carbocycles. The van der Waals surface area contributed by atoms with Gasteiger partial charge >= 0.3 is 0 Å². The minimum atomic E-state index is -0.115. The molecular weight excluding hydrogens is 490 g/mol. The molecule has 37 heavy (non-hydrogen) atoms. The number of fused-ring (bicyclic) bond motifs is 1. The highest BCUT2D eigenvalue weighted by molar-refractivity contribution is 6.32. The van der Waals surface area contributed by atoms with Gasteiger partial charge < -0.3 is 20.7 Å². The number of benzene rings is 1. The number of aromatic nitrogens is 2. The molecule has 2 aliphatic rings. The summed E-state index contributed by atoms with van der Waals surface area (Å²) in [5.41, 5.74) is 9.64. The number of anilines is 1. The van der Waals surface area contributed by atoms with E-state index in [-0.39, 0.29) is 17.8 Å². The molecule has 1 atom stereocenters. The number of rotatable bonds is 7. The van der Waals surface area contributed by atoms with E-state index in [1.54, 1.807) is 36.7 Å². The summed E-state index contributed by atoms with van der Waals surface area (Å²) in [6, 6.07) is 11.1. The molecule has 2 aliphatic heterocycles. The highest BCUT2D eigenvalue weighted by Crippen LogP contribution is 2.40. The molecule has 1 fully saturated rings. The van der Waals surface area contributed by atoms with Crippen LogP contribution in [0.3, 0.4) is 0 Å². The van der Waals surface area contributed by atoms with Crippen LogP contribution in [0.5, 0.6) is 5.75 Å². The SMILES string of the molecule is Nc1ccc(/C=C/C(=O)CCC2Cc3cc(-c4ccc(C(=O)N5CCNCC5)nc4)cc(Cl)c3O2)cn1. The van der Waals surface area contributed by atoms with Crippen molar-refractivity contribution in [3.05, 3.63) is 76.7 Å². The Labute approximate surface area is 220 Å². The van der Waals surface area contributed by atoms with Crippen molar-refractivity contribution in [1.29, 1.82) is 0 Å². The third-order valence-corrected chi connectivity index (χ3v) is 6.84. The number of hydrogen-bond donors (Lipinski definition) is 2. The molecule has 5 rings (SSSR count). The largest absolute Gasteiger partial charge is 0.488 e. The van der Waals surface area contributed by atoms with E-state index in [0.29, 0.717) is 54.6 Å². The summed E-state index contributed by atoms with van der Waals surface area (Å²) in [6.07, 6.45) is 8.15. The van der Waals surface area contributed by atoms with Crippen LogP contribution in [0.2, 0.25) is 5.02 Å². The Morgan fingerprint density at radius 1 is 1.11 bits per heavy atom. The van der Waals surface area contributed by atoms with Gasteiger partial charge in [-0.15, -0.1) is 0 Å². The van der Waals surface area contributed by atoms with Crippen LogP contribution in [0.1, 0.15) is 34.5 Å². The zero-order valence-corrected chi connectivity index (χ0v) is 21.1. The quantitative estimate of drug-likeness (QED) is 0.459. The first-order valence-electron chi connectivity index (χ1n) is 12.3. The molecule has 1 aromatic carbocycles. The van der Waals surface area contributed by atoms with Gasteiger partial charge in [0.1, 0.15) is 23.4 Å². The number of ketones is 1. The average Bonchev–Trinajstić information content (AvgIpc) is 3.35. The maximum absolute atomic E-state index is 12.7. The van der Waals surface area contributed by atoms with Gasteiger partial charge in [-0.1, -0.05) is 17.7 Å². The second-order valence-electron chi connectivity index (χ2n) is 9.22.